The standard InChI is InChI=1S/C22H23N3OS2/c1-13-7-8-16-18(9-13)28-22-20(16)21(23-12-24-22)27-11-19(26)25-14(2)10-15-5-3-4-6-17(15)25/h3-6,12-14H,7-11H2,1-2H3. The zero-order valence-electron chi connectivity index (χ0n) is 16.1. The number of amides is 1. The molecule has 28 heavy (non-hydrogen) atoms. The molecule has 6 heteroatoms. The number of carbonyl (C=O) groups is 1. The van der Waals surface area contributed by atoms with Gasteiger partial charge in [-0.25, -0.2) is 9.97 Å². The highest BCUT2D eigenvalue weighted by Crippen LogP contribution is 2.41. The second kappa shape index (κ2) is 7.16. The summed E-state index contributed by atoms with van der Waals surface area (Å²) in [5.41, 5.74) is 3.75. The van der Waals surface area contributed by atoms with Crippen LogP contribution in [0.1, 0.15) is 36.3 Å². The van der Waals surface area contributed by atoms with Gasteiger partial charge in [0.15, 0.2) is 0 Å². The van der Waals surface area contributed by atoms with Crippen molar-refractivity contribution in [1.29, 1.82) is 0 Å². The Bertz CT molecular complexity index is 1060. The van der Waals surface area contributed by atoms with E-state index in [0.29, 0.717) is 5.75 Å². The van der Waals surface area contributed by atoms with Crippen LogP contribution in [0.4, 0.5) is 5.69 Å². The monoisotopic (exact) mass is 409 g/mol. The topological polar surface area (TPSA) is 46.1 Å². The third-order valence-electron chi connectivity index (χ3n) is 5.87. The Balaban J connectivity index is 1.40. The van der Waals surface area contributed by atoms with Crippen LogP contribution >= 0.6 is 23.1 Å². The van der Waals surface area contributed by atoms with Gasteiger partial charge in [-0.05, 0) is 55.7 Å². The molecule has 1 aliphatic carbocycles. The highest BCUT2D eigenvalue weighted by atomic mass is 32.2. The third-order valence-corrected chi connectivity index (χ3v) is 8.00. The van der Waals surface area contributed by atoms with Crippen LogP contribution in [0, 0.1) is 5.92 Å². The van der Waals surface area contributed by atoms with Crippen molar-refractivity contribution in [3.05, 3.63) is 46.6 Å². The molecule has 0 fully saturated rings. The van der Waals surface area contributed by atoms with Crippen LogP contribution in [0.2, 0.25) is 0 Å². The van der Waals surface area contributed by atoms with E-state index in [1.807, 2.05) is 28.4 Å². The molecule has 2 aromatic heterocycles. The maximum absolute atomic E-state index is 13.1. The van der Waals surface area contributed by atoms with Gasteiger partial charge < -0.3 is 4.90 Å². The molecule has 2 aliphatic rings. The Kier molecular flexibility index (Phi) is 4.63. The second-order valence-corrected chi connectivity index (χ2v) is 9.99. The molecule has 2 atom stereocenters. The molecule has 0 bridgehead atoms. The number of hydrogen-bond donors (Lipinski definition) is 0. The van der Waals surface area contributed by atoms with Crippen LogP contribution in [0.15, 0.2) is 35.6 Å². The van der Waals surface area contributed by atoms with Gasteiger partial charge in [-0.1, -0.05) is 36.9 Å². The van der Waals surface area contributed by atoms with Crippen molar-refractivity contribution in [2.24, 2.45) is 5.92 Å². The van der Waals surface area contributed by atoms with E-state index in [4.69, 9.17) is 0 Å². The Morgan fingerprint density at radius 3 is 3.00 bits per heavy atom. The number of benzene rings is 1. The van der Waals surface area contributed by atoms with E-state index in [2.05, 4.69) is 35.9 Å². The van der Waals surface area contributed by atoms with Crippen LogP contribution in [0.3, 0.4) is 0 Å². The summed E-state index contributed by atoms with van der Waals surface area (Å²) in [7, 11) is 0. The molecule has 3 aromatic rings. The molecule has 0 spiro atoms. The summed E-state index contributed by atoms with van der Waals surface area (Å²) in [6.07, 6.45) is 6.04. The van der Waals surface area contributed by atoms with E-state index in [-0.39, 0.29) is 11.9 Å². The number of rotatable bonds is 3. The number of nitrogens with zero attached hydrogens (tertiary/aromatic N) is 3. The van der Waals surface area contributed by atoms with Crippen LogP contribution in [-0.4, -0.2) is 27.7 Å². The Hall–Kier alpha value is -1.92. The molecule has 2 unspecified atom stereocenters. The zero-order valence-corrected chi connectivity index (χ0v) is 17.8. The minimum atomic E-state index is 0.159. The van der Waals surface area contributed by atoms with Gasteiger partial charge in [0.2, 0.25) is 5.91 Å². The number of carbonyl (C=O) groups excluding carboxylic acids is 1. The van der Waals surface area contributed by atoms with Gasteiger partial charge in [-0.15, -0.1) is 11.3 Å². The van der Waals surface area contributed by atoms with Gasteiger partial charge in [0.1, 0.15) is 16.2 Å². The maximum atomic E-state index is 13.1. The summed E-state index contributed by atoms with van der Waals surface area (Å²) in [6, 6.07) is 8.45. The van der Waals surface area contributed by atoms with E-state index in [0.717, 1.165) is 40.7 Å². The quantitative estimate of drug-likeness (QED) is 0.457. The molecule has 0 saturated carbocycles. The van der Waals surface area contributed by atoms with Crippen molar-refractivity contribution in [2.45, 2.75) is 50.6 Å². The molecular weight excluding hydrogens is 386 g/mol. The zero-order chi connectivity index (χ0) is 19.3. The van der Waals surface area contributed by atoms with Crippen LogP contribution in [-0.2, 0) is 24.1 Å². The molecule has 1 aliphatic heterocycles. The minimum Gasteiger partial charge on any atom is -0.308 e. The summed E-state index contributed by atoms with van der Waals surface area (Å²) >= 11 is 3.37. The van der Waals surface area contributed by atoms with Crippen LogP contribution in [0.5, 0.6) is 0 Å². The van der Waals surface area contributed by atoms with Crippen molar-refractivity contribution in [1.82, 2.24) is 9.97 Å². The molecule has 144 valence electrons. The Labute approximate surface area is 173 Å². The first-order chi connectivity index (χ1) is 13.6. The fraction of sp³-hybridized carbons (Fsp3) is 0.409. The van der Waals surface area contributed by atoms with E-state index >= 15 is 0 Å². The summed E-state index contributed by atoms with van der Waals surface area (Å²) in [6.45, 7) is 4.45. The van der Waals surface area contributed by atoms with Gasteiger partial charge in [-0.3, -0.25) is 4.79 Å². The Morgan fingerprint density at radius 2 is 2.11 bits per heavy atom. The Morgan fingerprint density at radius 1 is 1.25 bits per heavy atom. The number of para-hydroxylation sites is 1. The number of aromatic nitrogens is 2. The van der Waals surface area contributed by atoms with Crippen molar-refractivity contribution in [2.75, 3.05) is 10.7 Å². The molecule has 0 saturated heterocycles. The van der Waals surface area contributed by atoms with Gasteiger partial charge in [0.25, 0.3) is 0 Å². The molecule has 0 N–H and O–H groups in total. The predicted molar refractivity (Wildman–Crippen MR) is 116 cm³/mol. The average molecular weight is 410 g/mol. The van der Waals surface area contributed by atoms with Crippen molar-refractivity contribution >= 4 is 44.9 Å². The summed E-state index contributed by atoms with van der Waals surface area (Å²) in [4.78, 5) is 26.6. The number of fused-ring (bicyclic) bond motifs is 4. The lowest BCUT2D eigenvalue weighted by molar-refractivity contribution is -0.116. The third kappa shape index (κ3) is 3.03. The number of thiophene rings is 1. The van der Waals surface area contributed by atoms with Gasteiger partial charge in [0, 0.05) is 22.0 Å². The second-order valence-electron chi connectivity index (χ2n) is 7.95. The molecular formula is C22H23N3OS2. The molecule has 3 heterocycles. The average Bonchev–Trinajstić information content (AvgIpc) is 3.22. The highest BCUT2D eigenvalue weighted by Gasteiger charge is 2.31. The lowest BCUT2D eigenvalue weighted by atomic mass is 9.89. The first-order valence-electron chi connectivity index (χ1n) is 9.90. The highest BCUT2D eigenvalue weighted by molar-refractivity contribution is 8.00. The minimum absolute atomic E-state index is 0.159. The van der Waals surface area contributed by atoms with E-state index < -0.39 is 0 Å². The lowest BCUT2D eigenvalue weighted by Gasteiger charge is -2.22. The molecule has 4 nitrogen and oxygen atoms in total. The normalized spacial score (nSPS) is 21.0. The first kappa shape index (κ1) is 18.1. The molecule has 1 aromatic carbocycles. The van der Waals surface area contributed by atoms with Crippen molar-refractivity contribution < 1.29 is 4.79 Å². The fourth-order valence-electron chi connectivity index (χ4n) is 4.50. The molecule has 0 radical (unpaired) electrons. The van der Waals surface area contributed by atoms with Crippen LogP contribution in [0.25, 0.3) is 10.2 Å². The predicted octanol–water partition coefficient (Wildman–Crippen LogP) is 4.89. The van der Waals surface area contributed by atoms with Gasteiger partial charge in [-0.2, -0.15) is 0 Å². The van der Waals surface area contributed by atoms with Crippen molar-refractivity contribution in [3.63, 3.8) is 0 Å². The van der Waals surface area contributed by atoms with Crippen LogP contribution < -0.4 is 4.90 Å². The van der Waals surface area contributed by atoms with Gasteiger partial charge >= 0.3 is 0 Å². The SMILES string of the molecule is CC1CCc2c(sc3ncnc(SCC(=O)N4c5ccccc5CC4C)c23)C1. The van der Waals surface area contributed by atoms with Crippen molar-refractivity contribution in [3.8, 4) is 0 Å². The molecule has 1 amide bonds. The number of aryl methyl sites for hydroxylation is 1. The number of thioether (sulfide) groups is 1. The number of anilines is 1. The largest absolute Gasteiger partial charge is 0.308 e. The first-order valence-corrected chi connectivity index (χ1v) is 11.7. The summed E-state index contributed by atoms with van der Waals surface area (Å²) < 4.78 is 0. The maximum Gasteiger partial charge on any atom is 0.237 e. The number of hydrogen-bond acceptors (Lipinski definition) is 5. The van der Waals surface area contributed by atoms with E-state index in [9.17, 15) is 4.79 Å². The van der Waals surface area contributed by atoms with Gasteiger partial charge in [0.05, 0.1) is 5.75 Å². The summed E-state index contributed by atoms with van der Waals surface area (Å²) in [5, 5.41) is 2.16. The van der Waals surface area contributed by atoms with E-state index in [1.165, 1.54) is 27.8 Å². The summed E-state index contributed by atoms with van der Waals surface area (Å²) in [5.74, 6) is 1.31. The lowest BCUT2D eigenvalue weighted by Crippen LogP contribution is -2.37. The molecule has 5 rings (SSSR count). The smallest absolute Gasteiger partial charge is 0.237 e. The van der Waals surface area contributed by atoms with E-state index in [1.54, 1.807) is 18.1 Å². The fourth-order valence-corrected chi connectivity index (χ4v) is 6.80.